The van der Waals surface area contributed by atoms with Crippen LogP contribution in [0.4, 0.5) is 0 Å². The predicted molar refractivity (Wildman–Crippen MR) is 138 cm³/mol. The first kappa shape index (κ1) is 28.1. The van der Waals surface area contributed by atoms with Gasteiger partial charge in [0.05, 0.1) is 18.5 Å². The summed E-state index contributed by atoms with van der Waals surface area (Å²) < 4.78 is 33.2. The van der Waals surface area contributed by atoms with Crippen molar-refractivity contribution < 1.29 is 13.2 Å². The largest absolute Gasteiger partial charge is 0.376 e. The van der Waals surface area contributed by atoms with Gasteiger partial charge in [-0.15, -0.1) is 24.0 Å². The molecule has 0 aliphatic heterocycles. The quantitative estimate of drug-likeness (QED) is 0.133. The third-order valence-electron chi connectivity index (χ3n) is 5.10. The van der Waals surface area contributed by atoms with E-state index in [1.165, 1.54) is 38.5 Å². The molecule has 7 nitrogen and oxygen atoms in total. The highest BCUT2D eigenvalue weighted by atomic mass is 127. The fourth-order valence-corrected chi connectivity index (χ4v) is 5.17. The molecule has 1 fully saturated rings. The van der Waals surface area contributed by atoms with Gasteiger partial charge in [0.15, 0.2) is 5.96 Å². The second-order valence-electron chi connectivity index (χ2n) is 8.14. The van der Waals surface area contributed by atoms with Crippen molar-refractivity contribution in [2.24, 2.45) is 4.99 Å². The number of nitrogens with zero attached hydrogens (tertiary/aromatic N) is 1. The van der Waals surface area contributed by atoms with Crippen molar-refractivity contribution in [1.82, 2.24) is 15.4 Å². The van der Waals surface area contributed by atoms with Crippen LogP contribution in [0, 0.1) is 0 Å². The van der Waals surface area contributed by atoms with Crippen molar-refractivity contribution in [1.29, 1.82) is 0 Å². The Morgan fingerprint density at radius 3 is 2.35 bits per heavy atom. The fraction of sp³-hybridized carbons (Fsp3) is 0.682. The lowest BCUT2D eigenvalue weighted by Crippen LogP contribution is -2.39. The number of ether oxygens (including phenoxy) is 1. The third kappa shape index (κ3) is 11.5. The Kier molecular flexibility index (Phi) is 13.6. The summed E-state index contributed by atoms with van der Waals surface area (Å²) in [6.45, 7) is 5.47. The number of rotatable bonds is 10. The molecule has 0 bridgehead atoms. The molecule has 0 heterocycles. The van der Waals surface area contributed by atoms with Crippen molar-refractivity contribution in [2.45, 2.75) is 76.8 Å². The molecule has 1 saturated carbocycles. The molecule has 9 heteroatoms. The number of nitrogens with one attached hydrogen (secondary N) is 3. The van der Waals surface area contributed by atoms with Crippen LogP contribution in [0.5, 0.6) is 0 Å². The molecule has 1 aromatic rings. The molecule has 0 unspecified atom stereocenters. The summed E-state index contributed by atoms with van der Waals surface area (Å²) in [4.78, 5) is 4.25. The van der Waals surface area contributed by atoms with Gasteiger partial charge in [-0.05, 0) is 37.8 Å². The number of hydrogen-bond donors (Lipinski definition) is 3. The van der Waals surface area contributed by atoms with Crippen LogP contribution in [0.15, 0.2) is 29.3 Å². The summed E-state index contributed by atoms with van der Waals surface area (Å²) in [5.74, 6) is 0.641. The van der Waals surface area contributed by atoms with E-state index in [4.69, 9.17) is 4.74 Å². The van der Waals surface area contributed by atoms with Gasteiger partial charge in [0.2, 0.25) is 10.0 Å². The molecule has 0 aromatic heterocycles. The summed E-state index contributed by atoms with van der Waals surface area (Å²) in [5, 5.41) is 6.54. The predicted octanol–water partition coefficient (Wildman–Crippen LogP) is 3.54. The molecule has 31 heavy (non-hydrogen) atoms. The topological polar surface area (TPSA) is 91.8 Å². The highest BCUT2D eigenvalue weighted by Gasteiger charge is 2.15. The van der Waals surface area contributed by atoms with Crippen molar-refractivity contribution in [2.75, 3.05) is 20.2 Å². The summed E-state index contributed by atoms with van der Waals surface area (Å²) in [6, 6.07) is 7.45. The lowest BCUT2D eigenvalue weighted by atomic mass is 10.1. The molecule has 3 N–H and O–H groups in total. The first-order chi connectivity index (χ1) is 14.4. The Morgan fingerprint density at radius 1 is 1.10 bits per heavy atom. The standard InChI is InChI=1S/C22H38N4O3S.HI/c1-18(2)26-30(27,28)17-20-11-9-8-10-19(20)16-25-22(23-3)24-14-15-29-21-12-6-4-5-7-13-21;/h8-11,18,21,26H,4-7,12-17H2,1-3H3,(H2,23,24,25);1H. The van der Waals surface area contributed by atoms with Gasteiger partial charge in [0.25, 0.3) is 0 Å². The Labute approximate surface area is 205 Å². The average molecular weight is 567 g/mol. The second-order valence-corrected chi connectivity index (χ2v) is 9.89. The molecule has 1 aliphatic rings. The Hall–Kier alpha value is -0.910. The molecular formula is C22H39IN4O3S. The van der Waals surface area contributed by atoms with E-state index < -0.39 is 10.0 Å². The van der Waals surface area contributed by atoms with Crippen LogP contribution in [0.3, 0.4) is 0 Å². The molecular weight excluding hydrogens is 527 g/mol. The number of benzene rings is 1. The number of guanidine groups is 1. The van der Waals surface area contributed by atoms with E-state index in [9.17, 15) is 8.42 Å². The molecule has 0 amide bonds. The second kappa shape index (κ2) is 15.0. The molecule has 178 valence electrons. The maximum Gasteiger partial charge on any atom is 0.216 e. The van der Waals surface area contributed by atoms with Gasteiger partial charge < -0.3 is 15.4 Å². The fourth-order valence-electron chi connectivity index (χ4n) is 3.68. The van der Waals surface area contributed by atoms with Crippen molar-refractivity contribution >= 4 is 40.0 Å². The number of sulfonamides is 1. The summed E-state index contributed by atoms with van der Waals surface area (Å²) in [7, 11) is -1.65. The van der Waals surface area contributed by atoms with E-state index in [2.05, 4.69) is 20.3 Å². The normalized spacial score (nSPS) is 15.9. The lowest BCUT2D eigenvalue weighted by Gasteiger charge is -2.17. The molecule has 1 aromatic carbocycles. The third-order valence-corrected chi connectivity index (χ3v) is 6.62. The van der Waals surface area contributed by atoms with Crippen molar-refractivity contribution in [3.8, 4) is 0 Å². The minimum Gasteiger partial charge on any atom is -0.376 e. The molecule has 0 saturated heterocycles. The number of aliphatic imine (C=N–C) groups is 1. The maximum absolute atomic E-state index is 12.3. The minimum absolute atomic E-state index is 0. The van der Waals surface area contributed by atoms with E-state index in [-0.39, 0.29) is 35.8 Å². The zero-order valence-corrected chi connectivity index (χ0v) is 22.2. The summed E-state index contributed by atoms with van der Waals surface area (Å²) in [6.07, 6.45) is 7.90. The zero-order chi connectivity index (χ0) is 21.8. The average Bonchev–Trinajstić information content (AvgIpc) is 2.96. The monoisotopic (exact) mass is 566 g/mol. The van der Waals surface area contributed by atoms with Gasteiger partial charge in [-0.1, -0.05) is 49.9 Å². The Bertz CT molecular complexity index is 764. The van der Waals surface area contributed by atoms with E-state index in [0.717, 1.165) is 11.1 Å². The number of hydrogen-bond acceptors (Lipinski definition) is 4. The van der Waals surface area contributed by atoms with Gasteiger partial charge in [0, 0.05) is 26.2 Å². The summed E-state index contributed by atoms with van der Waals surface area (Å²) >= 11 is 0. The van der Waals surface area contributed by atoms with Crippen LogP contribution in [0.2, 0.25) is 0 Å². The first-order valence-corrected chi connectivity index (χ1v) is 12.7. The van der Waals surface area contributed by atoms with Crippen LogP contribution in [0.1, 0.15) is 63.5 Å². The smallest absolute Gasteiger partial charge is 0.216 e. The van der Waals surface area contributed by atoms with Crippen molar-refractivity contribution in [3.05, 3.63) is 35.4 Å². The van der Waals surface area contributed by atoms with E-state index >= 15 is 0 Å². The van der Waals surface area contributed by atoms with Gasteiger partial charge >= 0.3 is 0 Å². The number of halogens is 1. The lowest BCUT2D eigenvalue weighted by molar-refractivity contribution is 0.0468. The van der Waals surface area contributed by atoms with Gasteiger partial charge in [-0.3, -0.25) is 4.99 Å². The van der Waals surface area contributed by atoms with Crippen LogP contribution in [-0.4, -0.2) is 46.7 Å². The van der Waals surface area contributed by atoms with Gasteiger partial charge in [-0.2, -0.15) is 0 Å². The van der Waals surface area contributed by atoms with Crippen LogP contribution in [0.25, 0.3) is 0 Å². The Balaban J connectivity index is 0.00000480. The molecule has 2 rings (SSSR count). The van der Waals surface area contributed by atoms with E-state index in [0.29, 0.717) is 31.8 Å². The molecule has 0 spiro atoms. The van der Waals surface area contributed by atoms with E-state index in [1.54, 1.807) is 7.05 Å². The minimum atomic E-state index is -3.37. The maximum atomic E-state index is 12.3. The molecule has 0 atom stereocenters. The van der Waals surface area contributed by atoms with Crippen LogP contribution >= 0.6 is 24.0 Å². The van der Waals surface area contributed by atoms with Crippen LogP contribution in [-0.2, 0) is 27.1 Å². The first-order valence-electron chi connectivity index (χ1n) is 11.0. The van der Waals surface area contributed by atoms with Crippen LogP contribution < -0.4 is 15.4 Å². The summed E-state index contributed by atoms with van der Waals surface area (Å²) in [5.41, 5.74) is 1.72. The van der Waals surface area contributed by atoms with Crippen molar-refractivity contribution in [3.63, 3.8) is 0 Å². The highest BCUT2D eigenvalue weighted by Crippen LogP contribution is 2.19. The highest BCUT2D eigenvalue weighted by molar-refractivity contribution is 14.0. The zero-order valence-electron chi connectivity index (χ0n) is 19.0. The van der Waals surface area contributed by atoms with Gasteiger partial charge in [0.1, 0.15) is 0 Å². The molecule has 0 radical (unpaired) electrons. The Morgan fingerprint density at radius 2 is 1.74 bits per heavy atom. The molecule has 1 aliphatic carbocycles. The van der Waals surface area contributed by atoms with E-state index in [1.807, 2.05) is 38.1 Å². The van der Waals surface area contributed by atoms with Gasteiger partial charge in [-0.25, -0.2) is 13.1 Å². The SMILES string of the molecule is CN=C(NCCOC1CCCCCC1)NCc1ccccc1CS(=O)(=O)NC(C)C.I.